The van der Waals surface area contributed by atoms with Crippen LogP contribution >= 0.6 is 0 Å². The van der Waals surface area contributed by atoms with Crippen LogP contribution in [0.5, 0.6) is 0 Å². The number of hydrogen-bond donors (Lipinski definition) is 0. The van der Waals surface area contributed by atoms with Crippen LogP contribution in [0.25, 0.3) is 0 Å². The Hall–Kier alpha value is -1.39. The van der Waals surface area contributed by atoms with Gasteiger partial charge in [-0.15, -0.1) is 0 Å². The van der Waals surface area contributed by atoms with Crippen molar-refractivity contribution in [3.8, 4) is 0 Å². The Labute approximate surface area is 133 Å². The van der Waals surface area contributed by atoms with Gasteiger partial charge in [0.15, 0.2) is 6.10 Å². The Morgan fingerprint density at radius 3 is 2.82 bits per heavy atom. The first-order chi connectivity index (χ1) is 10.7. The van der Waals surface area contributed by atoms with Crippen molar-refractivity contribution < 1.29 is 14.3 Å². The van der Waals surface area contributed by atoms with Gasteiger partial charge in [-0.05, 0) is 44.0 Å². The molecule has 122 valence electrons. The Bertz CT molecular complexity index is 485. The summed E-state index contributed by atoms with van der Waals surface area (Å²) in [7, 11) is 0. The number of fused-ring (bicyclic) bond motifs is 1. The summed E-state index contributed by atoms with van der Waals surface area (Å²) in [6.45, 7) is 9.82. The Morgan fingerprint density at radius 1 is 1.36 bits per heavy atom. The second-order valence-corrected chi connectivity index (χ2v) is 5.76. The van der Waals surface area contributed by atoms with E-state index in [9.17, 15) is 4.79 Å². The maximum atomic E-state index is 12.4. The lowest BCUT2D eigenvalue weighted by atomic mass is 9.98. The van der Waals surface area contributed by atoms with Crippen LogP contribution in [0.3, 0.4) is 0 Å². The summed E-state index contributed by atoms with van der Waals surface area (Å²) in [5.41, 5.74) is 2.14. The van der Waals surface area contributed by atoms with E-state index in [1.165, 1.54) is 5.56 Å². The quantitative estimate of drug-likeness (QED) is 0.726. The fraction of sp³-hybridized carbons (Fsp3) is 0.611. The molecule has 0 saturated carbocycles. The number of carbonyl (C=O) groups excluding carboxylic acids is 1. The maximum absolute atomic E-state index is 12.4. The number of ether oxygens (including phenoxy) is 2. The van der Waals surface area contributed by atoms with Crippen molar-refractivity contribution in [2.24, 2.45) is 0 Å². The minimum Gasteiger partial charge on any atom is -0.460 e. The Balaban J connectivity index is 1.90. The van der Waals surface area contributed by atoms with Gasteiger partial charge in [0.1, 0.15) is 6.10 Å². The monoisotopic (exact) mass is 305 g/mol. The first-order valence-corrected chi connectivity index (χ1v) is 8.28. The van der Waals surface area contributed by atoms with Crippen molar-refractivity contribution in [2.45, 2.75) is 45.8 Å². The van der Waals surface area contributed by atoms with Crippen LogP contribution in [0.4, 0.5) is 0 Å². The third kappa shape index (κ3) is 4.31. The zero-order valence-electron chi connectivity index (χ0n) is 13.9. The van der Waals surface area contributed by atoms with E-state index in [0.717, 1.165) is 38.0 Å². The summed E-state index contributed by atoms with van der Waals surface area (Å²) in [5, 5.41) is 0. The molecule has 0 bridgehead atoms. The number of carbonyl (C=O) groups is 1. The Kier molecular flexibility index (Phi) is 6.40. The number of esters is 1. The van der Waals surface area contributed by atoms with Crippen molar-refractivity contribution in [3.63, 3.8) is 0 Å². The summed E-state index contributed by atoms with van der Waals surface area (Å²) in [5.74, 6) is -0.265. The van der Waals surface area contributed by atoms with Gasteiger partial charge in [-0.1, -0.05) is 38.1 Å². The second kappa shape index (κ2) is 8.30. The van der Waals surface area contributed by atoms with Crippen LogP contribution in [-0.4, -0.2) is 43.2 Å². The molecule has 0 amide bonds. The summed E-state index contributed by atoms with van der Waals surface area (Å²) >= 11 is 0. The molecule has 4 nitrogen and oxygen atoms in total. The highest BCUT2D eigenvalue weighted by molar-refractivity contribution is 5.77. The van der Waals surface area contributed by atoms with E-state index in [4.69, 9.17) is 9.47 Å². The van der Waals surface area contributed by atoms with Crippen LogP contribution < -0.4 is 0 Å². The lowest BCUT2D eigenvalue weighted by Crippen LogP contribution is -2.30. The molecule has 1 aromatic rings. The van der Waals surface area contributed by atoms with E-state index in [-0.39, 0.29) is 12.1 Å². The average Bonchev–Trinajstić information content (AvgIpc) is 2.55. The molecule has 0 aromatic heterocycles. The topological polar surface area (TPSA) is 38.8 Å². The molecular weight excluding hydrogens is 278 g/mol. The van der Waals surface area contributed by atoms with E-state index in [1.807, 2.05) is 25.1 Å². The molecule has 2 rings (SSSR count). The van der Waals surface area contributed by atoms with E-state index in [2.05, 4.69) is 24.8 Å². The van der Waals surface area contributed by atoms with Crippen LogP contribution in [0, 0.1) is 0 Å². The lowest BCUT2D eigenvalue weighted by molar-refractivity contribution is -0.163. The van der Waals surface area contributed by atoms with Gasteiger partial charge in [0, 0.05) is 6.54 Å². The van der Waals surface area contributed by atoms with Gasteiger partial charge in [0.05, 0.1) is 6.61 Å². The molecule has 0 N–H and O–H groups in total. The minimum atomic E-state index is -0.569. The highest BCUT2D eigenvalue weighted by Crippen LogP contribution is 2.28. The molecule has 0 spiro atoms. The molecule has 2 atom stereocenters. The molecule has 0 saturated heterocycles. The van der Waals surface area contributed by atoms with Crippen LogP contribution in [0.2, 0.25) is 0 Å². The summed E-state index contributed by atoms with van der Waals surface area (Å²) < 4.78 is 11.2. The molecule has 4 heteroatoms. The van der Waals surface area contributed by atoms with Crippen LogP contribution in [-0.2, 0) is 20.7 Å². The largest absolute Gasteiger partial charge is 0.460 e. The second-order valence-electron chi connectivity index (χ2n) is 5.76. The van der Waals surface area contributed by atoms with Crippen LogP contribution in [0.1, 0.15) is 44.4 Å². The van der Waals surface area contributed by atoms with Gasteiger partial charge in [0.25, 0.3) is 0 Å². The average molecular weight is 305 g/mol. The molecule has 0 unspecified atom stereocenters. The normalized spacial score (nSPS) is 18.8. The van der Waals surface area contributed by atoms with Gasteiger partial charge in [-0.2, -0.15) is 0 Å². The van der Waals surface area contributed by atoms with Crippen molar-refractivity contribution in [1.82, 2.24) is 4.90 Å². The Morgan fingerprint density at radius 2 is 2.09 bits per heavy atom. The smallest absolute Gasteiger partial charge is 0.340 e. The molecule has 0 fully saturated rings. The van der Waals surface area contributed by atoms with Gasteiger partial charge < -0.3 is 14.4 Å². The van der Waals surface area contributed by atoms with E-state index in [0.29, 0.717) is 6.61 Å². The maximum Gasteiger partial charge on any atom is 0.340 e. The zero-order chi connectivity index (χ0) is 15.9. The van der Waals surface area contributed by atoms with Crippen molar-refractivity contribution in [1.29, 1.82) is 0 Å². The number of benzene rings is 1. The third-order valence-corrected chi connectivity index (χ3v) is 4.27. The highest BCUT2D eigenvalue weighted by Gasteiger charge is 2.29. The van der Waals surface area contributed by atoms with E-state index < -0.39 is 6.10 Å². The lowest BCUT2D eigenvalue weighted by Gasteiger charge is -2.26. The summed E-state index contributed by atoms with van der Waals surface area (Å²) in [6.07, 6.45) is 1.05. The SMILES string of the molecule is CCN(CC)CC[C@H](C)OC(=O)[C@H]1OCCc2ccccc21. The summed E-state index contributed by atoms with van der Waals surface area (Å²) in [6, 6.07) is 7.96. The molecule has 1 heterocycles. The van der Waals surface area contributed by atoms with Gasteiger partial charge >= 0.3 is 5.97 Å². The fourth-order valence-corrected chi connectivity index (χ4v) is 2.81. The first-order valence-electron chi connectivity index (χ1n) is 8.28. The number of nitrogens with zero attached hydrogens (tertiary/aromatic N) is 1. The molecule has 0 radical (unpaired) electrons. The fourth-order valence-electron chi connectivity index (χ4n) is 2.81. The number of rotatable bonds is 7. The molecule has 1 aliphatic heterocycles. The molecule has 1 aromatic carbocycles. The predicted octanol–water partition coefficient (Wildman–Crippen LogP) is 2.96. The molecule has 22 heavy (non-hydrogen) atoms. The summed E-state index contributed by atoms with van der Waals surface area (Å²) in [4.78, 5) is 14.7. The van der Waals surface area contributed by atoms with Crippen molar-refractivity contribution in [3.05, 3.63) is 35.4 Å². The van der Waals surface area contributed by atoms with Crippen LogP contribution in [0.15, 0.2) is 24.3 Å². The predicted molar refractivity (Wildman–Crippen MR) is 86.8 cm³/mol. The standard InChI is InChI=1S/C18H27NO3/c1-4-19(5-2)12-10-14(3)22-18(20)17-16-9-7-6-8-15(16)11-13-21-17/h6-9,14,17H,4-5,10-13H2,1-3H3/t14-,17-/m0/s1. The van der Waals surface area contributed by atoms with Gasteiger partial charge in [-0.25, -0.2) is 4.79 Å². The highest BCUT2D eigenvalue weighted by atomic mass is 16.6. The van der Waals surface area contributed by atoms with Crippen molar-refractivity contribution >= 4 is 5.97 Å². The molecule has 1 aliphatic rings. The molecular formula is C18H27NO3. The third-order valence-electron chi connectivity index (χ3n) is 4.27. The van der Waals surface area contributed by atoms with Gasteiger partial charge in [-0.3, -0.25) is 0 Å². The molecule has 0 aliphatic carbocycles. The van der Waals surface area contributed by atoms with E-state index >= 15 is 0 Å². The van der Waals surface area contributed by atoms with Gasteiger partial charge in [0.2, 0.25) is 0 Å². The minimum absolute atomic E-state index is 0.0919. The van der Waals surface area contributed by atoms with Crippen molar-refractivity contribution in [2.75, 3.05) is 26.2 Å². The zero-order valence-corrected chi connectivity index (χ0v) is 13.9. The van der Waals surface area contributed by atoms with E-state index in [1.54, 1.807) is 0 Å². The first kappa shape index (κ1) is 17.0. The number of hydrogen-bond acceptors (Lipinski definition) is 4.